The fourth-order valence-electron chi connectivity index (χ4n) is 4.91. The van der Waals surface area contributed by atoms with Gasteiger partial charge in [0.15, 0.2) is 0 Å². The second-order valence-corrected chi connectivity index (χ2v) is 9.79. The van der Waals surface area contributed by atoms with Gasteiger partial charge in [-0.2, -0.15) is 0 Å². The molecular formula is C25H42N4O4. The summed E-state index contributed by atoms with van der Waals surface area (Å²) in [7, 11) is 1.68. The molecule has 186 valence electrons. The quantitative estimate of drug-likeness (QED) is 0.406. The number of carbonyl (C=O) groups is 4. The number of nitrogens with one attached hydrogen (secondary N) is 2. The molecule has 1 saturated heterocycles. The average molecular weight is 463 g/mol. The monoisotopic (exact) mass is 462 g/mol. The third kappa shape index (κ3) is 7.86. The first-order valence-electron chi connectivity index (χ1n) is 12.5. The molecule has 0 radical (unpaired) electrons. The second-order valence-electron chi connectivity index (χ2n) is 9.79. The molecule has 1 unspecified atom stereocenters. The number of hydrogen-bond donors (Lipinski definition) is 2. The first kappa shape index (κ1) is 26.9. The minimum Gasteiger partial charge on any atom is -0.352 e. The zero-order valence-electron chi connectivity index (χ0n) is 20.8. The summed E-state index contributed by atoms with van der Waals surface area (Å²) in [4.78, 5) is 52.5. The summed E-state index contributed by atoms with van der Waals surface area (Å²) in [5.41, 5.74) is 0.530. The predicted molar refractivity (Wildman–Crippen MR) is 128 cm³/mol. The van der Waals surface area contributed by atoms with E-state index >= 15 is 0 Å². The van der Waals surface area contributed by atoms with Gasteiger partial charge in [-0.3, -0.25) is 19.2 Å². The Bertz CT molecular complexity index is 713. The van der Waals surface area contributed by atoms with Gasteiger partial charge in [-0.15, -0.1) is 0 Å². The normalized spacial score (nSPS) is 21.2. The van der Waals surface area contributed by atoms with E-state index < -0.39 is 6.04 Å². The molecule has 0 spiro atoms. The van der Waals surface area contributed by atoms with Crippen LogP contribution in [0.5, 0.6) is 0 Å². The van der Waals surface area contributed by atoms with Crippen molar-refractivity contribution in [3.63, 3.8) is 0 Å². The predicted octanol–water partition coefficient (Wildman–Crippen LogP) is 2.38. The number of rotatable bonds is 9. The van der Waals surface area contributed by atoms with Crippen LogP contribution >= 0.6 is 0 Å². The van der Waals surface area contributed by atoms with Crippen LogP contribution in [0.4, 0.5) is 0 Å². The first-order valence-corrected chi connectivity index (χ1v) is 12.5. The van der Waals surface area contributed by atoms with Crippen molar-refractivity contribution in [2.45, 2.75) is 96.7 Å². The van der Waals surface area contributed by atoms with Crippen molar-refractivity contribution in [1.29, 1.82) is 0 Å². The maximum Gasteiger partial charge on any atom is 0.249 e. The summed E-state index contributed by atoms with van der Waals surface area (Å²) in [6.45, 7) is 6.20. The van der Waals surface area contributed by atoms with Gasteiger partial charge in [0.1, 0.15) is 6.04 Å². The van der Waals surface area contributed by atoms with Gasteiger partial charge < -0.3 is 20.4 Å². The molecule has 1 saturated carbocycles. The highest BCUT2D eigenvalue weighted by Crippen LogP contribution is 2.23. The van der Waals surface area contributed by atoms with Crippen molar-refractivity contribution in [1.82, 2.24) is 20.4 Å². The van der Waals surface area contributed by atoms with Crippen molar-refractivity contribution >= 4 is 24.1 Å². The Morgan fingerprint density at radius 2 is 1.67 bits per heavy atom. The Labute approximate surface area is 198 Å². The molecule has 2 fully saturated rings. The third-order valence-electron chi connectivity index (χ3n) is 6.89. The molecule has 0 aromatic rings. The molecule has 0 aromatic carbocycles. The lowest BCUT2D eigenvalue weighted by Crippen LogP contribution is -2.49. The highest BCUT2D eigenvalue weighted by Gasteiger charge is 2.35. The SMILES string of the molecule is CC(=C[C@H](C(C)C)N(C)C(=O)CNC=O)C(=O)N1CCCC1C(=O)NC1CCCCCCC1. The number of amides is 4. The van der Waals surface area contributed by atoms with E-state index in [0.717, 1.165) is 32.1 Å². The van der Waals surface area contributed by atoms with Gasteiger partial charge >= 0.3 is 0 Å². The minimum atomic E-state index is -0.431. The van der Waals surface area contributed by atoms with Gasteiger partial charge in [0.25, 0.3) is 0 Å². The first-order chi connectivity index (χ1) is 15.8. The van der Waals surface area contributed by atoms with Gasteiger partial charge in [-0.25, -0.2) is 0 Å². The maximum absolute atomic E-state index is 13.3. The summed E-state index contributed by atoms with van der Waals surface area (Å²) in [5.74, 6) is -0.334. The lowest BCUT2D eigenvalue weighted by molar-refractivity contribution is -0.136. The molecule has 0 bridgehead atoms. The summed E-state index contributed by atoms with van der Waals surface area (Å²) < 4.78 is 0. The number of hydrogen-bond acceptors (Lipinski definition) is 4. The Morgan fingerprint density at radius 1 is 1.03 bits per heavy atom. The third-order valence-corrected chi connectivity index (χ3v) is 6.89. The second kappa shape index (κ2) is 13.4. The van der Waals surface area contributed by atoms with Crippen LogP contribution in [0.25, 0.3) is 0 Å². The molecule has 0 aromatic heterocycles. The number of likely N-dealkylation sites (tertiary alicyclic amines) is 1. The van der Waals surface area contributed by atoms with E-state index in [0.29, 0.717) is 24.9 Å². The van der Waals surface area contributed by atoms with E-state index in [1.165, 1.54) is 19.3 Å². The Hall–Kier alpha value is -2.38. The van der Waals surface area contributed by atoms with Crippen LogP contribution in [-0.2, 0) is 19.2 Å². The molecule has 1 heterocycles. The van der Waals surface area contributed by atoms with Crippen molar-refractivity contribution in [3.05, 3.63) is 11.6 Å². The van der Waals surface area contributed by atoms with E-state index in [2.05, 4.69) is 10.6 Å². The standard InChI is InChI=1S/C25H42N4O4/c1-18(2)22(28(4)23(31)16-26-17-30)15-19(3)25(33)29-14-10-13-21(29)24(32)27-20-11-8-6-5-7-9-12-20/h15,17-18,20-22H,5-14,16H2,1-4H3,(H,26,30)(H,27,32)/t21?,22-/m1/s1. The molecule has 1 aliphatic carbocycles. The van der Waals surface area contributed by atoms with Gasteiger partial charge in [0, 0.05) is 25.2 Å². The zero-order valence-corrected chi connectivity index (χ0v) is 20.8. The van der Waals surface area contributed by atoms with E-state index in [1.54, 1.807) is 23.8 Å². The van der Waals surface area contributed by atoms with Crippen molar-refractivity contribution in [2.75, 3.05) is 20.1 Å². The molecule has 8 nitrogen and oxygen atoms in total. The van der Waals surface area contributed by atoms with E-state index in [9.17, 15) is 19.2 Å². The average Bonchev–Trinajstić information content (AvgIpc) is 3.26. The summed E-state index contributed by atoms with van der Waals surface area (Å²) in [5, 5.41) is 5.61. The Morgan fingerprint density at radius 3 is 2.27 bits per heavy atom. The number of carbonyl (C=O) groups excluding carboxylic acids is 4. The molecule has 1 aliphatic heterocycles. The van der Waals surface area contributed by atoms with Crippen LogP contribution in [0, 0.1) is 5.92 Å². The summed E-state index contributed by atoms with van der Waals surface area (Å²) in [6.07, 6.45) is 11.9. The fraction of sp³-hybridized carbons (Fsp3) is 0.760. The number of nitrogens with zero attached hydrogens (tertiary/aromatic N) is 2. The highest BCUT2D eigenvalue weighted by atomic mass is 16.2. The van der Waals surface area contributed by atoms with E-state index in [4.69, 9.17) is 0 Å². The largest absolute Gasteiger partial charge is 0.352 e. The van der Waals surface area contributed by atoms with Crippen LogP contribution < -0.4 is 10.6 Å². The lowest BCUT2D eigenvalue weighted by atomic mass is 9.96. The van der Waals surface area contributed by atoms with Crippen molar-refractivity contribution < 1.29 is 19.2 Å². The highest BCUT2D eigenvalue weighted by molar-refractivity contribution is 5.97. The smallest absolute Gasteiger partial charge is 0.249 e. The van der Waals surface area contributed by atoms with Gasteiger partial charge in [-0.05, 0) is 38.5 Å². The van der Waals surface area contributed by atoms with Crippen molar-refractivity contribution in [2.24, 2.45) is 5.92 Å². The molecule has 8 heteroatoms. The molecule has 2 atom stereocenters. The molecule has 2 aliphatic rings. The Balaban J connectivity index is 2.06. The zero-order chi connectivity index (χ0) is 24.4. The fourth-order valence-corrected chi connectivity index (χ4v) is 4.91. The molecule has 4 amide bonds. The molecule has 2 N–H and O–H groups in total. The van der Waals surface area contributed by atoms with Crippen LogP contribution in [0.3, 0.4) is 0 Å². The van der Waals surface area contributed by atoms with Crippen LogP contribution in [0.2, 0.25) is 0 Å². The lowest BCUT2D eigenvalue weighted by Gasteiger charge is -2.31. The van der Waals surface area contributed by atoms with Crippen LogP contribution in [0.15, 0.2) is 11.6 Å². The topological polar surface area (TPSA) is 98.8 Å². The van der Waals surface area contributed by atoms with Crippen LogP contribution in [0.1, 0.15) is 78.6 Å². The maximum atomic E-state index is 13.3. The van der Waals surface area contributed by atoms with E-state index in [-0.39, 0.29) is 42.3 Å². The van der Waals surface area contributed by atoms with Crippen molar-refractivity contribution in [3.8, 4) is 0 Å². The Kier molecular flexibility index (Phi) is 10.9. The van der Waals surface area contributed by atoms with Gasteiger partial charge in [-0.1, -0.05) is 52.0 Å². The number of likely N-dealkylation sites (N-methyl/N-ethyl adjacent to an activating group) is 1. The summed E-state index contributed by atoms with van der Waals surface area (Å²) >= 11 is 0. The molecule has 33 heavy (non-hydrogen) atoms. The van der Waals surface area contributed by atoms with Crippen LogP contribution in [-0.4, -0.2) is 72.2 Å². The van der Waals surface area contributed by atoms with Gasteiger partial charge in [0.05, 0.1) is 12.6 Å². The minimum absolute atomic E-state index is 0.0353. The molecular weight excluding hydrogens is 420 g/mol. The molecule has 2 rings (SSSR count). The summed E-state index contributed by atoms with van der Waals surface area (Å²) in [6, 6.07) is -0.517. The van der Waals surface area contributed by atoms with E-state index in [1.807, 2.05) is 19.9 Å². The van der Waals surface area contributed by atoms with Gasteiger partial charge in [0.2, 0.25) is 24.1 Å².